The summed E-state index contributed by atoms with van der Waals surface area (Å²) in [6.45, 7) is 4.63. The summed E-state index contributed by atoms with van der Waals surface area (Å²) in [5.41, 5.74) is 0.666. The van der Waals surface area contributed by atoms with E-state index < -0.39 is 0 Å². The third-order valence-electron chi connectivity index (χ3n) is 2.81. The summed E-state index contributed by atoms with van der Waals surface area (Å²) in [5.74, 6) is 0.746. The van der Waals surface area contributed by atoms with E-state index >= 15 is 0 Å². The minimum Gasteiger partial charge on any atom is -0.508 e. The molecule has 1 N–H and O–H groups in total. The van der Waals surface area contributed by atoms with Crippen LogP contribution in [-0.4, -0.2) is 34.4 Å². The number of halogens is 1. The number of phenols is 1. The molecule has 0 aliphatic rings. The Kier molecular flexibility index (Phi) is 5.99. The van der Waals surface area contributed by atoms with Gasteiger partial charge in [0.15, 0.2) is 0 Å². The molecule has 0 aromatic heterocycles. The summed E-state index contributed by atoms with van der Waals surface area (Å²) in [5, 5.41) is 9.66. The second-order valence-corrected chi connectivity index (χ2v) is 4.91. The summed E-state index contributed by atoms with van der Waals surface area (Å²) < 4.78 is 0. The van der Waals surface area contributed by atoms with Crippen molar-refractivity contribution in [2.45, 2.75) is 32.7 Å². The van der Waals surface area contributed by atoms with Gasteiger partial charge >= 0.3 is 0 Å². The fourth-order valence-corrected chi connectivity index (χ4v) is 1.95. The lowest BCUT2D eigenvalue weighted by atomic mass is 10.1. The maximum atomic E-state index is 12.2. The molecule has 3 nitrogen and oxygen atoms in total. The predicted molar refractivity (Wildman–Crippen MR) is 74.0 cm³/mol. The molecule has 0 saturated carbocycles. The number of para-hydroxylation sites is 1. The number of rotatable bonds is 6. The molecule has 0 heterocycles. The van der Waals surface area contributed by atoms with E-state index in [9.17, 15) is 9.90 Å². The van der Waals surface area contributed by atoms with Crippen molar-refractivity contribution >= 4 is 17.5 Å². The smallest absolute Gasteiger partial charge is 0.227 e. The molecule has 0 aliphatic carbocycles. The fraction of sp³-hybridized carbons (Fsp3) is 0.500. The van der Waals surface area contributed by atoms with Crippen LogP contribution in [0.25, 0.3) is 0 Å². The highest BCUT2D eigenvalue weighted by atomic mass is 35.5. The third kappa shape index (κ3) is 4.22. The number of aromatic hydroxyl groups is 1. The second kappa shape index (κ2) is 7.27. The molecule has 4 heteroatoms. The molecular formula is C14H20ClNO2. The van der Waals surface area contributed by atoms with Gasteiger partial charge in [-0.2, -0.15) is 0 Å². The number of amides is 1. The molecule has 1 aromatic carbocycles. The van der Waals surface area contributed by atoms with Crippen LogP contribution in [0.1, 0.15) is 25.8 Å². The Balaban J connectivity index is 2.70. The first-order chi connectivity index (χ1) is 8.56. The lowest BCUT2D eigenvalue weighted by molar-refractivity contribution is -0.132. The molecular weight excluding hydrogens is 250 g/mol. The molecule has 0 saturated heterocycles. The number of alkyl halides is 1. The standard InChI is InChI=1S/C14H20ClNO2/c1-11(2)16(9-5-8-15)14(18)10-12-6-3-4-7-13(12)17/h3-4,6-7,11,17H,5,8-10H2,1-2H3. The zero-order chi connectivity index (χ0) is 13.5. The van der Waals surface area contributed by atoms with Crippen molar-refractivity contribution in [1.29, 1.82) is 0 Å². The molecule has 0 spiro atoms. The molecule has 0 radical (unpaired) electrons. The largest absolute Gasteiger partial charge is 0.508 e. The van der Waals surface area contributed by atoms with Crippen molar-refractivity contribution in [3.05, 3.63) is 29.8 Å². The maximum Gasteiger partial charge on any atom is 0.227 e. The first kappa shape index (κ1) is 14.8. The summed E-state index contributed by atoms with van der Waals surface area (Å²) in [6, 6.07) is 7.08. The van der Waals surface area contributed by atoms with Crippen molar-refractivity contribution in [2.24, 2.45) is 0 Å². The van der Waals surface area contributed by atoms with Gasteiger partial charge in [0, 0.05) is 24.0 Å². The SMILES string of the molecule is CC(C)N(CCCCl)C(=O)Cc1ccccc1O. The minimum absolute atomic E-state index is 0.0246. The van der Waals surface area contributed by atoms with Crippen LogP contribution in [0.15, 0.2) is 24.3 Å². The molecule has 18 heavy (non-hydrogen) atoms. The zero-order valence-corrected chi connectivity index (χ0v) is 11.7. The van der Waals surface area contributed by atoms with Crippen molar-refractivity contribution in [1.82, 2.24) is 4.90 Å². The van der Waals surface area contributed by atoms with Gasteiger partial charge in [-0.25, -0.2) is 0 Å². The molecule has 0 fully saturated rings. The highest BCUT2D eigenvalue weighted by Crippen LogP contribution is 2.17. The Bertz CT molecular complexity index is 393. The summed E-state index contributed by atoms with van der Waals surface area (Å²) in [4.78, 5) is 14.0. The first-order valence-electron chi connectivity index (χ1n) is 6.18. The van der Waals surface area contributed by atoms with Gasteiger partial charge < -0.3 is 10.0 Å². The van der Waals surface area contributed by atoms with E-state index in [0.29, 0.717) is 18.0 Å². The van der Waals surface area contributed by atoms with Crippen LogP contribution in [0.3, 0.4) is 0 Å². The van der Waals surface area contributed by atoms with E-state index in [1.54, 1.807) is 23.1 Å². The predicted octanol–water partition coefficient (Wildman–Crippen LogP) is 2.80. The Hall–Kier alpha value is -1.22. The van der Waals surface area contributed by atoms with Gasteiger partial charge in [-0.3, -0.25) is 4.79 Å². The molecule has 1 rings (SSSR count). The van der Waals surface area contributed by atoms with Crippen molar-refractivity contribution in [3.63, 3.8) is 0 Å². The highest BCUT2D eigenvalue weighted by Gasteiger charge is 2.17. The van der Waals surface area contributed by atoms with E-state index in [2.05, 4.69) is 0 Å². The number of carbonyl (C=O) groups is 1. The van der Waals surface area contributed by atoms with Crippen LogP contribution < -0.4 is 0 Å². The summed E-state index contributed by atoms with van der Waals surface area (Å²) in [6.07, 6.45) is 1.01. The number of benzene rings is 1. The van der Waals surface area contributed by atoms with E-state index in [4.69, 9.17) is 11.6 Å². The van der Waals surface area contributed by atoms with Crippen molar-refractivity contribution < 1.29 is 9.90 Å². The van der Waals surface area contributed by atoms with Gasteiger partial charge in [0.05, 0.1) is 6.42 Å². The highest BCUT2D eigenvalue weighted by molar-refractivity contribution is 6.17. The van der Waals surface area contributed by atoms with E-state index in [-0.39, 0.29) is 24.1 Å². The number of phenolic OH excluding ortho intramolecular Hbond substituents is 1. The molecule has 1 amide bonds. The average molecular weight is 270 g/mol. The molecule has 1 aromatic rings. The van der Waals surface area contributed by atoms with Gasteiger partial charge in [-0.05, 0) is 26.3 Å². The van der Waals surface area contributed by atoms with Crippen LogP contribution in [0.4, 0.5) is 0 Å². The molecule has 100 valence electrons. The Labute approximate surface area is 113 Å². The van der Waals surface area contributed by atoms with Crippen LogP contribution in [0.2, 0.25) is 0 Å². The normalized spacial score (nSPS) is 10.7. The summed E-state index contributed by atoms with van der Waals surface area (Å²) in [7, 11) is 0. The van der Waals surface area contributed by atoms with Crippen LogP contribution in [-0.2, 0) is 11.2 Å². The number of carbonyl (C=O) groups excluding carboxylic acids is 1. The fourth-order valence-electron chi connectivity index (χ4n) is 1.83. The first-order valence-corrected chi connectivity index (χ1v) is 6.72. The Morgan fingerprint density at radius 3 is 2.61 bits per heavy atom. The van der Waals surface area contributed by atoms with Gasteiger partial charge in [0.2, 0.25) is 5.91 Å². The van der Waals surface area contributed by atoms with E-state index in [0.717, 1.165) is 6.42 Å². The Morgan fingerprint density at radius 2 is 2.06 bits per heavy atom. The van der Waals surface area contributed by atoms with Crippen LogP contribution >= 0.6 is 11.6 Å². The monoisotopic (exact) mass is 269 g/mol. The second-order valence-electron chi connectivity index (χ2n) is 4.53. The maximum absolute atomic E-state index is 12.2. The van der Waals surface area contributed by atoms with Crippen molar-refractivity contribution in [3.8, 4) is 5.75 Å². The van der Waals surface area contributed by atoms with E-state index in [1.165, 1.54) is 0 Å². The molecule has 0 atom stereocenters. The number of nitrogens with zero attached hydrogens (tertiary/aromatic N) is 1. The number of hydrogen-bond donors (Lipinski definition) is 1. The van der Waals surface area contributed by atoms with Crippen LogP contribution in [0, 0.1) is 0 Å². The Morgan fingerprint density at radius 1 is 1.39 bits per heavy atom. The van der Waals surface area contributed by atoms with Crippen molar-refractivity contribution in [2.75, 3.05) is 12.4 Å². The third-order valence-corrected chi connectivity index (χ3v) is 3.08. The van der Waals surface area contributed by atoms with Gasteiger partial charge in [0.25, 0.3) is 0 Å². The minimum atomic E-state index is 0.0246. The lowest BCUT2D eigenvalue weighted by Crippen LogP contribution is -2.38. The number of hydrogen-bond acceptors (Lipinski definition) is 2. The van der Waals surface area contributed by atoms with Gasteiger partial charge in [-0.15, -0.1) is 11.6 Å². The van der Waals surface area contributed by atoms with Gasteiger partial charge in [-0.1, -0.05) is 18.2 Å². The average Bonchev–Trinajstić information content (AvgIpc) is 2.32. The lowest BCUT2D eigenvalue weighted by Gasteiger charge is -2.26. The topological polar surface area (TPSA) is 40.5 Å². The van der Waals surface area contributed by atoms with E-state index in [1.807, 2.05) is 19.9 Å². The van der Waals surface area contributed by atoms with Crippen LogP contribution in [0.5, 0.6) is 5.75 Å². The molecule has 0 aliphatic heterocycles. The quantitative estimate of drug-likeness (QED) is 0.807. The zero-order valence-electron chi connectivity index (χ0n) is 10.9. The molecule has 0 unspecified atom stereocenters. The van der Waals surface area contributed by atoms with Gasteiger partial charge in [0.1, 0.15) is 5.75 Å². The summed E-state index contributed by atoms with van der Waals surface area (Å²) >= 11 is 5.66. The molecule has 0 bridgehead atoms.